The van der Waals surface area contributed by atoms with Crippen molar-refractivity contribution < 1.29 is 10.2 Å². The first kappa shape index (κ1) is 27.3. The van der Waals surface area contributed by atoms with Crippen molar-refractivity contribution in [3.8, 4) is 11.5 Å². The lowest BCUT2D eigenvalue weighted by Gasteiger charge is -2.37. The molecule has 0 aromatic heterocycles. The molecule has 0 fully saturated rings. The van der Waals surface area contributed by atoms with Crippen LogP contribution < -0.4 is 0 Å². The van der Waals surface area contributed by atoms with E-state index in [1.807, 2.05) is 27.7 Å². The van der Waals surface area contributed by atoms with E-state index in [2.05, 4.69) is 38.1 Å². The third-order valence-electron chi connectivity index (χ3n) is 7.50. The monoisotopic (exact) mass is 452 g/mol. The Balaban J connectivity index is 2.56. The molecular weight excluding hydrogens is 404 g/mol. The SMILES string of the molecule is CCCCCCCC(CCCCCCC)(c1cc(C)c(O)c(C)c1)c1cc(C)c(O)c(C)c1. The van der Waals surface area contributed by atoms with E-state index in [-0.39, 0.29) is 5.41 Å². The van der Waals surface area contributed by atoms with E-state index in [4.69, 9.17) is 0 Å². The predicted molar refractivity (Wildman–Crippen MR) is 143 cm³/mol. The summed E-state index contributed by atoms with van der Waals surface area (Å²) in [5.74, 6) is 0.827. The second-order valence-electron chi connectivity index (χ2n) is 10.3. The van der Waals surface area contributed by atoms with Gasteiger partial charge in [0.1, 0.15) is 11.5 Å². The number of hydrogen-bond acceptors (Lipinski definition) is 2. The zero-order chi connectivity index (χ0) is 24.4. The van der Waals surface area contributed by atoms with Crippen LogP contribution in [-0.4, -0.2) is 10.2 Å². The van der Waals surface area contributed by atoms with E-state index in [0.29, 0.717) is 11.5 Å². The Bertz CT molecular complexity index is 761. The van der Waals surface area contributed by atoms with Crippen molar-refractivity contribution in [3.63, 3.8) is 0 Å². The number of hydrogen-bond donors (Lipinski definition) is 2. The van der Waals surface area contributed by atoms with Gasteiger partial charge in [-0.2, -0.15) is 0 Å². The van der Waals surface area contributed by atoms with Crippen LogP contribution in [0.1, 0.15) is 124 Å². The van der Waals surface area contributed by atoms with Crippen LogP contribution in [0.3, 0.4) is 0 Å². The van der Waals surface area contributed by atoms with Crippen LogP contribution in [0.25, 0.3) is 0 Å². The molecule has 0 aliphatic heterocycles. The Kier molecular flexibility index (Phi) is 10.8. The average molecular weight is 453 g/mol. The number of phenolic OH excluding ortho intramolecular Hbond substituents is 2. The van der Waals surface area contributed by atoms with Crippen molar-refractivity contribution in [2.45, 2.75) is 124 Å². The second-order valence-corrected chi connectivity index (χ2v) is 10.3. The summed E-state index contributed by atoms with van der Waals surface area (Å²) in [4.78, 5) is 0. The predicted octanol–water partition coefficient (Wildman–Crippen LogP) is 9.34. The van der Waals surface area contributed by atoms with Crippen molar-refractivity contribution in [1.29, 1.82) is 0 Å². The molecule has 0 unspecified atom stereocenters. The van der Waals surface area contributed by atoms with Crippen LogP contribution in [0.2, 0.25) is 0 Å². The quantitative estimate of drug-likeness (QED) is 0.280. The summed E-state index contributed by atoms with van der Waals surface area (Å²) in [5.41, 5.74) is 6.39. The summed E-state index contributed by atoms with van der Waals surface area (Å²) in [5, 5.41) is 21.0. The van der Waals surface area contributed by atoms with E-state index in [9.17, 15) is 10.2 Å². The standard InChI is InChI=1S/C31H48O2/c1-7-9-11-13-15-17-31(18-16-14-12-10-8-2,27-19-23(3)29(32)24(4)20-27)28-21-25(5)30(33)26(6)22-28/h19-22,32-33H,7-18H2,1-6H3. The zero-order valence-electron chi connectivity index (χ0n) is 22.2. The van der Waals surface area contributed by atoms with Gasteiger partial charge in [0.25, 0.3) is 0 Å². The molecule has 2 nitrogen and oxygen atoms in total. The molecule has 0 spiro atoms. The molecule has 2 rings (SSSR count). The number of aryl methyl sites for hydroxylation is 4. The lowest BCUT2D eigenvalue weighted by Crippen LogP contribution is -2.29. The molecule has 0 bridgehead atoms. The molecule has 2 aromatic rings. The fraction of sp³-hybridized carbons (Fsp3) is 0.613. The fourth-order valence-corrected chi connectivity index (χ4v) is 5.39. The topological polar surface area (TPSA) is 40.5 Å². The van der Waals surface area contributed by atoms with Crippen LogP contribution in [0.15, 0.2) is 24.3 Å². The lowest BCUT2D eigenvalue weighted by atomic mass is 9.66. The third-order valence-corrected chi connectivity index (χ3v) is 7.50. The fourth-order valence-electron chi connectivity index (χ4n) is 5.39. The lowest BCUT2D eigenvalue weighted by molar-refractivity contribution is 0.388. The van der Waals surface area contributed by atoms with Gasteiger partial charge in [0.15, 0.2) is 0 Å². The number of unbranched alkanes of at least 4 members (excludes halogenated alkanes) is 8. The minimum Gasteiger partial charge on any atom is -0.507 e. The normalized spacial score (nSPS) is 11.8. The van der Waals surface area contributed by atoms with Crippen LogP contribution in [0.4, 0.5) is 0 Å². The minimum atomic E-state index is -0.0924. The van der Waals surface area contributed by atoms with Gasteiger partial charge >= 0.3 is 0 Å². The van der Waals surface area contributed by atoms with Gasteiger partial charge in [0.2, 0.25) is 0 Å². The molecule has 0 saturated carbocycles. The maximum Gasteiger partial charge on any atom is 0.121 e. The molecule has 0 amide bonds. The number of phenols is 2. The molecule has 0 radical (unpaired) electrons. The van der Waals surface area contributed by atoms with Gasteiger partial charge in [0.05, 0.1) is 0 Å². The first-order chi connectivity index (χ1) is 15.8. The van der Waals surface area contributed by atoms with Crippen LogP contribution in [-0.2, 0) is 5.41 Å². The summed E-state index contributed by atoms with van der Waals surface area (Å²) in [6.07, 6.45) is 14.9. The van der Waals surface area contributed by atoms with Gasteiger partial charge in [-0.05, 0) is 73.9 Å². The Labute approximate surface area is 203 Å². The van der Waals surface area contributed by atoms with Crippen LogP contribution in [0, 0.1) is 27.7 Å². The third kappa shape index (κ3) is 7.01. The van der Waals surface area contributed by atoms with Crippen molar-refractivity contribution in [2.75, 3.05) is 0 Å². The Morgan fingerprint density at radius 2 is 0.818 bits per heavy atom. The molecular formula is C31H48O2. The highest BCUT2D eigenvalue weighted by Gasteiger charge is 2.35. The first-order valence-corrected chi connectivity index (χ1v) is 13.4. The Morgan fingerprint density at radius 1 is 0.515 bits per heavy atom. The maximum atomic E-state index is 10.5. The van der Waals surface area contributed by atoms with E-state index in [1.165, 1.54) is 75.3 Å². The Hall–Kier alpha value is -1.96. The van der Waals surface area contributed by atoms with Crippen molar-refractivity contribution >= 4 is 0 Å². The summed E-state index contributed by atoms with van der Waals surface area (Å²) < 4.78 is 0. The number of aromatic hydroxyl groups is 2. The van der Waals surface area contributed by atoms with E-state index in [1.54, 1.807) is 0 Å². The highest BCUT2D eigenvalue weighted by Crippen LogP contribution is 2.45. The van der Waals surface area contributed by atoms with Gasteiger partial charge in [-0.15, -0.1) is 0 Å². The van der Waals surface area contributed by atoms with Gasteiger partial charge in [-0.3, -0.25) is 0 Å². The van der Waals surface area contributed by atoms with Crippen molar-refractivity contribution in [1.82, 2.24) is 0 Å². The summed E-state index contributed by atoms with van der Waals surface area (Å²) in [6, 6.07) is 8.88. The largest absolute Gasteiger partial charge is 0.507 e. The van der Waals surface area contributed by atoms with Crippen molar-refractivity contribution in [3.05, 3.63) is 57.6 Å². The highest BCUT2D eigenvalue weighted by molar-refractivity contribution is 5.52. The molecule has 2 heteroatoms. The Morgan fingerprint density at radius 3 is 1.12 bits per heavy atom. The molecule has 0 aliphatic rings. The molecule has 2 aromatic carbocycles. The molecule has 2 N–H and O–H groups in total. The molecule has 0 aliphatic carbocycles. The first-order valence-electron chi connectivity index (χ1n) is 13.4. The summed E-state index contributed by atoms with van der Waals surface area (Å²) >= 11 is 0. The van der Waals surface area contributed by atoms with Gasteiger partial charge in [-0.1, -0.05) is 102 Å². The van der Waals surface area contributed by atoms with E-state index in [0.717, 1.165) is 35.1 Å². The van der Waals surface area contributed by atoms with Gasteiger partial charge in [0, 0.05) is 5.41 Å². The van der Waals surface area contributed by atoms with E-state index >= 15 is 0 Å². The molecule has 0 saturated heterocycles. The highest BCUT2D eigenvalue weighted by atomic mass is 16.3. The zero-order valence-corrected chi connectivity index (χ0v) is 22.2. The van der Waals surface area contributed by atoms with Gasteiger partial charge < -0.3 is 10.2 Å². The molecule has 0 heterocycles. The van der Waals surface area contributed by atoms with Gasteiger partial charge in [-0.25, -0.2) is 0 Å². The molecule has 0 atom stereocenters. The smallest absolute Gasteiger partial charge is 0.121 e. The second kappa shape index (κ2) is 13.1. The maximum absolute atomic E-state index is 10.5. The average Bonchev–Trinajstić information content (AvgIpc) is 2.78. The van der Waals surface area contributed by atoms with Crippen LogP contribution in [0.5, 0.6) is 11.5 Å². The number of benzene rings is 2. The number of rotatable bonds is 14. The van der Waals surface area contributed by atoms with E-state index < -0.39 is 0 Å². The summed E-state index contributed by atoms with van der Waals surface area (Å²) in [7, 11) is 0. The molecule has 184 valence electrons. The van der Waals surface area contributed by atoms with Crippen molar-refractivity contribution in [2.24, 2.45) is 0 Å². The van der Waals surface area contributed by atoms with Crippen LogP contribution >= 0.6 is 0 Å². The molecule has 33 heavy (non-hydrogen) atoms. The summed E-state index contributed by atoms with van der Waals surface area (Å²) in [6.45, 7) is 12.6. The minimum absolute atomic E-state index is 0.0924.